The molecule has 152 valence electrons. The van der Waals surface area contributed by atoms with Gasteiger partial charge in [0.05, 0.1) is 12.2 Å². The number of aryl methyl sites for hydroxylation is 1. The van der Waals surface area contributed by atoms with Gasteiger partial charge < -0.3 is 15.2 Å². The van der Waals surface area contributed by atoms with Gasteiger partial charge in [0.2, 0.25) is 0 Å². The second kappa shape index (κ2) is 7.55. The number of hydrogen-bond acceptors (Lipinski definition) is 5. The molecule has 0 unspecified atom stereocenters. The summed E-state index contributed by atoms with van der Waals surface area (Å²) in [4.78, 5) is 32.3. The lowest BCUT2D eigenvalue weighted by atomic mass is 9.80. The van der Waals surface area contributed by atoms with Crippen LogP contribution in [0.3, 0.4) is 0 Å². The van der Waals surface area contributed by atoms with Crippen LogP contribution in [0.2, 0.25) is 0 Å². The van der Waals surface area contributed by atoms with Gasteiger partial charge in [-0.25, -0.2) is 14.2 Å². The number of carboxylic acids is 1. The maximum atomic E-state index is 14.4. The zero-order valence-electron chi connectivity index (χ0n) is 16.1. The van der Waals surface area contributed by atoms with Gasteiger partial charge in [0.1, 0.15) is 28.5 Å². The highest BCUT2D eigenvalue weighted by molar-refractivity contribution is 5.95. The fourth-order valence-corrected chi connectivity index (χ4v) is 3.51. The Bertz CT molecular complexity index is 1130. The van der Waals surface area contributed by atoms with E-state index >= 15 is 0 Å². The van der Waals surface area contributed by atoms with E-state index in [2.05, 4.69) is 15.3 Å². The molecule has 8 heteroatoms. The van der Waals surface area contributed by atoms with Crippen LogP contribution in [0.15, 0.2) is 54.9 Å². The first kappa shape index (κ1) is 19.5. The van der Waals surface area contributed by atoms with Crippen LogP contribution in [0.25, 0.3) is 0 Å². The molecule has 0 spiro atoms. The third-order valence-electron chi connectivity index (χ3n) is 5.15. The quantitative estimate of drug-likeness (QED) is 0.689. The number of rotatable bonds is 4. The molecule has 3 aromatic rings. The van der Waals surface area contributed by atoms with Gasteiger partial charge in [-0.05, 0) is 48.4 Å². The molecule has 0 fully saturated rings. The lowest BCUT2D eigenvalue weighted by molar-refractivity contribution is 0.0689. The summed E-state index contributed by atoms with van der Waals surface area (Å²) >= 11 is 0. The van der Waals surface area contributed by atoms with Crippen molar-refractivity contribution >= 4 is 11.9 Å². The van der Waals surface area contributed by atoms with Gasteiger partial charge >= 0.3 is 5.97 Å². The number of carbonyl (C=O) groups is 2. The van der Waals surface area contributed by atoms with Gasteiger partial charge in [0.15, 0.2) is 0 Å². The van der Waals surface area contributed by atoms with Crippen molar-refractivity contribution in [1.29, 1.82) is 0 Å². The minimum atomic E-state index is -1.18. The van der Waals surface area contributed by atoms with Crippen LogP contribution in [0.1, 0.15) is 44.1 Å². The Morgan fingerprint density at radius 2 is 2.03 bits per heavy atom. The Labute approximate surface area is 171 Å². The van der Waals surface area contributed by atoms with Crippen LogP contribution in [0, 0.1) is 12.7 Å². The van der Waals surface area contributed by atoms with Crippen LogP contribution in [-0.4, -0.2) is 33.6 Å². The van der Waals surface area contributed by atoms with Crippen molar-refractivity contribution in [3.05, 3.63) is 88.8 Å². The van der Waals surface area contributed by atoms with Gasteiger partial charge in [-0.1, -0.05) is 12.1 Å². The predicted octanol–water partition coefficient (Wildman–Crippen LogP) is 3.08. The number of nitrogens with one attached hydrogen (secondary N) is 1. The maximum absolute atomic E-state index is 14.4. The lowest BCUT2D eigenvalue weighted by Gasteiger charge is -2.39. The molecule has 30 heavy (non-hydrogen) atoms. The van der Waals surface area contributed by atoms with E-state index in [1.807, 2.05) is 0 Å². The molecule has 2 aromatic heterocycles. The third kappa shape index (κ3) is 3.36. The van der Waals surface area contributed by atoms with Gasteiger partial charge in [0.25, 0.3) is 5.91 Å². The summed E-state index contributed by atoms with van der Waals surface area (Å²) in [5, 5.41) is 12.0. The smallest absolute Gasteiger partial charge is 0.354 e. The van der Waals surface area contributed by atoms with E-state index in [1.165, 1.54) is 24.4 Å². The summed E-state index contributed by atoms with van der Waals surface area (Å²) in [6, 6.07) is 10.9. The number of ether oxygens (including phenoxy) is 1. The molecule has 3 heterocycles. The van der Waals surface area contributed by atoms with E-state index in [4.69, 9.17) is 9.84 Å². The number of amides is 1. The highest BCUT2D eigenvalue weighted by Crippen LogP contribution is 2.41. The second-order valence-corrected chi connectivity index (χ2v) is 7.01. The Hall–Kier alpha value is -3.81. The molecular formula is C22H18FN3O4. The van der Waals surface area contributed by atoms with E-state index in [-0.39, 0.29) is 11.3 Å². The number of carboxylic acid groups (broad SMARTS) is 1. The molecule has 1 aliphatic heterocycles. The molecule has 1 aliphatic rings. The molecule has 7 nitrogen and oxygen atoms in total. The van der Waals surface area contributed by atoms with Crippen molar-refractivity contribution in [1.82, 2.24) is 15.3 Å². The van der Waals surface area contributed by atoms with Crippen LogP contribution in [-0.2, 0) is 5.54 Å². The maximum Gasteiger partial charge on any atom is 0.354 e. The molecule has 0 aliphatic carbocycles. The minimum absolute atomic E-state index is 0.167. The molecule has 0 saturated heterocycles. The van der Waals surface area contributed by atoms with Crippen molar-refractivity contribution < 1.29 is 23.8 Å². The van der Waals surface area contributed by atoms with E-state index < -0.39 is 23.2 Å². The molecule has 1 amide bonds. The first-order valence-electron chi connectivity index (χ1n) is 9.27. The van der Waals surface area contributed by atoms with Gasteiger partial charge in [-0.3, -0.25) is 9.78 Å². The van der Waals surface area contributed by atoms with Crippen LogP contribution < -0.4 is 10.1 Å². The highest BCUT2D eigenvalue weighted by Gasteiger charge is 2.42. The van der Waals surface area contributed by atoms with Crippen LogP contribution in [0.5, 0.6) is 5.75 Å². The molecule has 4 rings (SSSR count). The molecule has 1 atom stereocenters. The summed E-state index contributed by atoms with van der Waals surface area (Å²) < 4.78 is 20.1. The molecule has 0 saturated carbocycles. The summed E-state index contributed by atoms with van der Waals surface area (Å²) in [5.74, 6) is -1.56. The van der Waals surface area contributed by atoms with Crippen molar-refractivity contribution in [3.63, 3.8) is 0 Å². The van der Waals surface area contributed by atoms with Crippen molar-refractivity contribution in [2.75, 3.05) is 6.61 Å². The minimum Gasteiger partial charge on any atom is -0.491 e. The Morgan fingerprint density at radius 3 is 2.73 bits per heavy atom. The number of hydrogen-bond donors (Lipinski definition) is 2. The summed E-state index contributed by atoms with van der Waals surface area (Å²) in [6.07, 6.45) is 3.12. The Balaban J connectivity index is 1.80. The predicted molar refractivity (Wildman–Crippen MR) is 105 cm³/mol. The average molecular weight is 407 g/mol. The summed E-state index contributed by atoms with van der Waals surface area (Å²) in [5.41, 5.74) is 0.393. The van der Waals surface area contributed by atoms with E-state index in [1.54, 1.807) is 37.4 Å². The molecule has 0 radical (unpaired) electrons. The van der Waals surface area contributed by atoms with Gasteiger partial charge in [-0.2, -0.15) is 0 Å². The number of carbonyl (C=O) groups excluding carboxylic acids is 1. The van der Waals surface area contributed by atoms with E-state index in [0.29, 0.717) is 35.6 Å². The molecule has 1 aromatic carbocycles. The number of pyridine rings is 2. The zero-order valence-corrected chi connectivity index (χ0v) is 16.1. The van der Waals surface area contributed by atoms with Crippen molar-refractivity contribution in [3.8, 4) is 5.75 Å². The van der Waals surface area contributed by atoms with Gasteiger partial charge in [0, 0.05) is 18.8 Å². The van der Waals surface area contributed by atoms with Gasteiger partial charge in [-0.15, -0.1) is 0 Å². The summed E-state index contributed by atoms with van der Waals surface area (Å²) in [6.45, 7) is 1.96. The zero-order chi connectivity index (χ0) is 21.3. The van der Waals surface area contributed by atoms with E-state index in [9.17, 15) is 14.0 Å². The van der Waals surface area contributed by atoms with Crippen LogP contribution >= 0.6 is 0 Å². The van der Waals surface area contributed by atoms with Crippen LogP contribution in [0.4, 0.5) is 4.39 Å². The Morgan fingerprint density at radius 1 is 1.20 bits per heavy atom. The standard InChI is InChI=1S/C22H18FN3O4/c1-13-4-6-15(11-16(13)23)22(8-10-30-18-3-2-9-24-19(18)22)26-20(27)14-5-7-17(21(28)29)25-12-14/h2-7,9,11-12H,8,10H2,1H3,(H,26,27)(H,28,29)/t22-/m0/s1. The molecule has 0 bridgehead atoms. The number of aromatic nitrogens is 2. The summed E-state index contributed by atoms with van der Waals surface area (Å²) in [7, 11) is 0. The fraction of sp³-hybridized carbons (Fsp3) is 0.182. The topological polar surface area (TPSA) is 101 Å². The molecular weight excluding hydrogens is 389 g/mol. The first-order valence-corrected chi connectivity index (χ1v) is 9.27. The fourth-order valence-electron chi connectivity index (χ4n) is 3.51. The lowest BCUT2D eigenvalue weighted by Crippen LogP contribution is -2.50. The normalized spacial score (nSPS) is 17.5. The largest absolute Gasteiger partial charge is 0.491 e. The van der Waals surface area contributed by atoms with Crippen molar-refractivity contribution in [2.24, 2.45) is 0 Å². The monoisotopic (exact) mass is 407 g/mol. The number of benzene rings is 1. The third-order valence-corrected chi connectivity index (χ3v) is 5.15. The SMILES string of the molecule is Cc1ccc([C@@]2(NC(=O)c3ccc(C(=O)O)nc3)CCOc3cccnc32)cc1F. The number of halogens is 1. The van der Waals surface area contributed by atoms with Crippen molar-refractivity contribution in [2.45, 2.75) is 18.9 Å². The number of fused-ring (bicyclic) bond motifs is 1. The Kier molecular flexibility index (Phi) is 4.91. The second-order valence-electron chi connectivity index (χ2n) is 7.01. The number of nitrogens with zero attached hydrogens (tertiary/aromatic N) is 2. The molecule has 2 N–H and O–H groups in total. The first-order chi connectivity index (χ1) is 14.4. The average Bonchev–Trinajstić information content (AvgIpc) is 2.76. The number of aromatic carboxylic acids is 1. The van der Waals surface area contributed by atoms with E-state index in [0.717, 1.165) is 0 Å². The highest BCUT2D eigenvalue weighted by atomic mass is 19.1.